The van der Waals surface area contributed by atoms with Gasteiger partial charge in [-0.15, -0.1) is 0 Å². The van der Waals surface area contributed by atoms with Crippen molar-refractivity contribution in [2.45, 2.75) is 32.2 Å². The molecule has 0 unspecified atom stereocenters. The summed E-state index contributed by atoms with van der Waals surface area (Å²) in [6.45, 7) is 3.36. The summed E-state index contributed by atoms with van der Waals surface area (Å²) < 4.78 is 10.7. The van der Waals surface area contributed by atoms with Crippen LogP contribution in [0.15, 0.2) is 42.5 Å². The fourth-order valence-electron chi connectivity index (χ4n) is 3.66. The number of hydrogen-bond donors (Lipinski definition) is 4. The molecule has 0 aromatic heterocycles. The number of nitrogens with zero attached hydrogens (tertiary/aromatic N) is 1. The number of rotatable bonds is 6. The van der Waals surface area contributed by atoms with Crippen molar-refractivity contribution in [3.63, 3.8) is 0 Å². The predicted molar refractivity (Wildman–Crippen MR) is 125 cm³/mol. The van der Waals surface area contributed by atoms with Gasteiger partial charge in [-0.1, -0.05) is 18.9 Å². The molecule has 0 radical (unpaired) electrons. The van der Waals surface area contributed by atoms with Crippen LogP contribution in [0.3, 0.4) is 0 Å². The molecule has 10 nitrogen and oxygen atoms in total. The van der Waals surface area contributed by atoms with Crippen molar-refractivity contribution < 1.29 is 34.1 Å². The van der Waals surface area contributed by atoms with Gasteiger partial charge in [0.05, 0.1) is 6.54 Å². The van der Waals surface area contributed by atoms with Crippen LogP contribution < -0.4 is 25.0 Å². The topological polar surface area (TPSA) is 137 Å². The zero-order chi connectivity index (χ0) is 24.3. The van der Waals surface area contributed by atoms with Crippen molar-refractivity contribution in [2.24, 2.45) is 0 Å². The Balaban J connectivity index is 0.000000481. The number of benzene rings is 2. The summed E-state index contributed by atoms with van der Waals surface area (Å²) in [7, 11) is 0. The number of carboxylic acid groups (broad SMARTS) is 2. The molecule has 2 aliphatic heterocycles. The van der Waals surface area contributed by atoms with E-state index in [9.17, 15) is 4.79 Å². The second-order valence-corrected chi connectivity index (χ2v) is 7.90. The van der Waals surface area contributed by atoms with Gasteiger partial charge >= 0.3 is 11.9 Å². The van der Waals surface area contributed by atoms with E-state index < -0.39 is 11.9 Å². The minimum atomic E-state index is -1.82. The lowest BCUT2D eigenvalue weighted by Gasteiger charge is -2.22. The van der Waals surface area contributed by atoms with Crippen molar-refractivity contribution >= 4 is 29.2 Å². The third-order valence-corrected chi connectivity index (χ3v) is 5.36. The molecule has 2 aromatic rings. The van der Waals surface area contributed by atoms with Gasteiger partial charge in [0.15, 0.2) is 11.5 Å². The largest absolute Gasteiger partial charge is 0.473 e. The second-order valence-electron chi connectivity index (χ2n) is 7.90. The van der Waals surface area contributed by atoms with Crippen LogP contribution in [-0.2, 0) is 20.9 Å². The first-order valence-electron chi connectivity index (χ1n) is 11.1. The number of carbonyl (C=O) groups is 3. The van der Waals surface area contributed by atoms with Crippen molar-refractivity contribution in [3.8, 4) is 11.5 Å². The predicted octanol–water partition coefficient (Wildman–Crippen LogP) is 2.68. The Kier molecular flexibility index (Phi) is 9.10. The summed E-state index contributed by atoms with van der Waals surface area (Å²) in [5.41, 5.74) is 3.12. The van der Waals surface area contributed by atoms with Crippen LogP contribution in [-0.4, -0.2) is 54.5 Å². The van der Waals surface area contributed by atoms with Crippen molar-refractivity contribution in [3.05, 3.63) is 48.0 Å². The fourth-order valence-corrected chi connectivity index (χ4v) is 3.66. The van der Waals surface area contributed by atoms with Crippen LogP contribution in [0.2, 0.25) is 0 Å². The number of ether oxygens (including phenoxy) is 2. The van der Waals surface area contributed by atoms with E-state index in [4.69, 9.17) is 29.3 Å². The zero-order valence-corrected chi connectivity index (χ0v) is 18.8. The van der Waals surface area contributed by atoms with Crippen LogP contribution in [0.25, 0.3) is 0 Å². The minimum Gasteiger partial charge on any atom is -0.473 e. The summed E-state index contributed by atoms with van der Waals surface area (Å²) in [6, 6.07) is 14.0. The van der Waals surface area contributed by atoms with Gasteiger partial charge in [0.2, 0.25) is 12.7 Å². The highest BCUT2D eigenvalue weighted by Crippen LogP contribution is 2.32. The fraction of sp³-hybridized carbons (Fsp3) is 0.375. The maximum absolute atomic E-state index is 12.2. The highest BCUT2D eigenvalue weighted by molar-refractivity contribution is 6.27. The van der Waals surface area contributed by atoms with Crippen molar-refractivity contribution in [1.82, 2.24) is 5.32 Å². The first-order valence-corrected chi connectivity index (χ1v) is 11.1. The summed E-state index contributed by atoms with van der Waals surface area (Å²) in [5.74, 6) is -2.17. The Morgan fingerprint density at radius 2 is 1.50 bits per heavy atom. The molecular weight excluding hydrogens is 442 g/mol. The molecule has 4 rings (SSSR count). The molecule has 0 aliphatic carbocycles. The summed E-state index contributed by atoms with van der Waals surface area (Å²) in [4.78, 5) is 32.8. The van der Waals surface area contributed by atoms with E-state index in [0.717, 1.165) is 35.8 Å². The Bertz CT molecular complexity index is 975. The molecule has 2 aliphatic rings. The Hall–Kier alpha value is -3.79. The van der Waals surface area contributed by atoms with E-state index in [1.807, 2.05) is 30.3 Å². The van der Waals surface area contributed by atoms with Crippen LogP contribution in [0.5, 0.6) is 11.5 Å². The average molecular weight is 472 g/mol. The van der Waals surface area contributed by atoms with Gasteiger partial charge in [0.1, 0.15) is 0 Å². The first-order chi connectivity index (χ1) is 16.4. The minimum absolute atomic E-state index is 0.0525. The number of carbonyl (C=O) groups excluding carboxylic acids is 1. The summed E-state index contributed by atoms with van der Waals surface area (Å²) in [6.07, 6.45) is 5.16. The third kappa shape index (κ3) is 7.66. The van der Waals surface area contributed by atoms with E-state index in [2.05, 4.69) is 27.7 Å². The van der Waals surface area contributed by atoms with Gasteiger partial charge in [0.25, 0.3) is 0 Å². The van der Waals surface area contributed by atoms with Gasteiger partial charge in [-0.2, -0.15) is 0 Å². The molecule has 2 aromatic carbocycles. The number of anilines is 2. The molecule has 2 heterocycles. The summed E-state index contributed by atoms with van der Waals surface area (Å²) in [5, 5.41) is 20.9. The lowest BCUT2D eigenvalue weighted by Crippen LogP contribution is -2.27. The normalized spacial score (nSPS) is 14.4. The SMILES string of the molecule is O=C(CNCc1ccc2c(c1)OCO2)Nc1ccc(N2CCCCCC2)cc1.O=C(O)C(=O)O. The van der Waals surface area contributed by atoms with Crippen molar-refractivity contribution in [1.29, 1.82) is 0 Å². The van der Waals surface area contributed by atoms with Crippen molar-refractivity contribution in [2.75, 3.05) is 36.6 Å². The van der Waals surface area contributed by atoms with Gasteiger partial charge < -0.3 is 35.2 Å². The molecule has 1 fully saturated rings. The molecule has 0 saturated carbocycles. The molecule has 0 spiro atoms. The maximum atomic E-state index is 12.2. The number of carboxylic acids is 2. The lowest BCUT2D eigenvalue weighted by atomic mass is 10.2. The highest BCUT2D eigenvalue weighted by atomic mass is 16.7. The molecule has 1 amide bonds. The Labute approximate surface area is 197 Å². The van der Waals surface area contributed by atoms with Gasteiger partial charge in [0, 0.05) is 31.0 Å². The van der Waals surface area contributed by atoms with Gasteiger partial charge in [-0.25, -0.2) is 9.59 Å². The maximum Gasteiger partial charge on any atom is 0.414 e. The number of amides is 1. The third-order valence-electron chi connectivity index (χ3n) is 5.36. The van der Waals surface area contributed by atoms with E-state index in [0.29, 0.717) is 6.54 Å². The first kappa shape index (κ1) is 24.8. The molecule has 0 bridgehead atoms. The van der Waals surface area contributed by atoms with E-state index in [-0.39, 0.29) is 19.2 Å². The number of hydrogen-bond acceptors (Lipinski definition) is 7. The smallest absolute Gasteiger partial charge is 0.414 e. The monoisotopic (exact) mass is 471 g/mol. The summed E-state index contributed by atoms with van der Waals surface area (Å²) >= 11 is 0. The quantitative estimate of drug-likeness (QED) is 0.469. The Morgan fingerprint density at radius 1 is 0.853 bits per heavy atom. The zero-order valence-electron chi connectivity index (χ0n) is 18.8. The van der Waals surface area contributed by atoms with Crippen LogP contribution >= 0.6 is 0 Å². The average Bonchev–Trinajstić information content (AvgIpc) is 3.12. The molecule has 4 N–H and O–H groups in total. The number of fused-ring (bicyclic) bond motifs is 1. The molecule has 182 valence electrons. The number of aliphatic carboxylic acids is 2. The molecule has 0 atom stereocenters. The second kappa shape index (κ2) is 12.4. The lowest BCUT2D eigenvalue weighted by molar-refractivity contribution is -0.159. The highest BCUT2D eigenvalue weighted by Gasteiger charge is 2.13. The molecular formula is C24H29N3O7. The molecule has 1 saturated heterocycles. The molecule has 10 heteroatoms. The van der Waals surface area contributed by atoms with Gasteiger partial charge in [-0.3, -0.25) is 4.79 Å². The van der Waals surface area contributed by atoms with E-state index in [1.165, 1.54) is 31.4 Å². The van der Waals surface area contributed by atoms with E-state index in [1.54, 1.807) is 0 Å². The Morgan fingerprint density at radius 3 is 2.15 bits per heavy atom. The molecule has 34 heavy (non-hydrogen) atoms. The van der Waals surface area contributed by atoms with Crippen LogP contribution in [0.4, 0.5) is 11.4 Å². The standard InChI is InChI=1S/C22H27N3O3.C2H2O4/c26-22(15-23-14-17-5-10-20-21(13-17)28-16-27-20)24-18-6-8-19(9-7-18)25-11-3-1-2-4-12-25;3-1(4)2(5)6/h5-10,13,23H,1-4,11-12,14-16H2,(H,24,26);(H,3,4)(H,5,6). The number of nitrogens with one attached hydrogen (secondary N) is 2. The van der Waals surface area contributed by atoms with Crippen LogP contribution in [0, 0.1) is 0 Å². The van der Waals surface area contributed by atoms with E-state index >= 15 is 0 Å². The van der Waals surface area contributed by atoms with Crippen LogP contribution in [0.1, 0.15) is 31.2 Å². The van der Waals surface area contributed by atoms with Gasteiger partial charge in [-0.05, 0) is 54.8 Å².